The summed E-state index contributed by atoms with van der Waals surface area (Å²) in [5, 5.41) is 3.43. The van der Waals surface area contributed by atoms with Crippen LogP contribution in [0, 0.1) is 0 Å². The van der Waals surface area contributed by atoms with Crippen molar-refractivity contribution < 1.29 is 4.79 Å². The SMILES string of the molecule is O=C(Cn1ccc(=O)c2cc(Br)ccc21)Nc1ccccc1Br. The van der Waals surface area contributed by atoms with Crippen molar-refractivity contribution in [3.8, 4) is 0 Å². The van der Waals surface area contributed by atoms with Crippen LogP contribution in [0.2, 0.25) is 0 Å². The second kappa shape index (κ2) is 6.68. The molecule has 1 amide bonds. The van der Waals surface area contributed by atoms with E-state index in [0.717, 1.165) is 14.5 Å². The van der Waals surface area contributed by atoms with Crippen molar-refractivity contribution in [3.63, 3.8) is 0 Å². The van der Waals surface area contributed by atoms with Crippen LogP contribution in [0.3, 0.4) is 0 Å². The van der Waals surface area contributed by atoms with Gasteiger partial charge >= 0.3 is 0 Å². The molecule has 3 rings (SSSR count). The number of benzene rings is 2. The molecule has 4 nitrogen and oxygen atoms in total. The number of hydrogen-bond donors (Lipinski definition) is 1. The molecule has 0 saturated carbocycles. The Balaban J connectivity index is 1.90. The predicted octanol–water partition coefficient (Wildman–Crippen LogP) is 4.17. The van der Waals surface area contributed by atoms with Gasteiger partial charge in [0.2, 0.25) is 5.91 Å². The molecule has 0 spiro atoms. The van der Waals surface area contributed by atoms with Crippen molar-refractivity contribution in [2.24, 2.45) is 0 Å². The topological polar surface area (TPSA) is 51.1 Å². The minimum atomic E-state index is -0.162. The summed E-state index contributed by atoms with van der Waals surface area (Å²) in [6.45, 7) is 0.125. The molecule has 1 heterocycles. The first-order valence-corrected chi connectivity index (χ1v) is 8.46. The number of amides is 1. The van der Waals surface area contributed by atoms with Gasteiger partial charge in [0.1, 0.15) is 6.54 Å². The Morgan fingerprint density at radius 1 is 1.09 bits per heavy atom. The fraction of sp³-hybridized carbons (Fsp3) is 0.0588. The summed E-state index contributed by atoms with van der Waals surface area (Å²) in [6.07, 6.45) is 1.64. The van der Waals surface area contributed by atoms with Gasteiger partial charge in [-0.05, 0) is 46.3 Å². The Kier molecular flexibility index (Phi) is 4.63. The van der Waals surface area contributed by atoms with Crippen LogP contribution in [0.15, 0.2) is 68.5 Å². The summed E-state index contributed by atoms with van der Waals surface area (Å²) >= 11 is 6.76. The van der Waals surface area contributed by atoms with Gasteiger partial charge in [0, 0.05) is 26.6 Å². The summed E-state index contributed by atoms with van der Waals surface area (Å²) in [6, 6.07) is 14.3. The molecule has 0 unspecified atom stereocenters. The highest BCUT2D eigenvalue weighted by atomic mass is 79.9. The van der Waals surface area contributed by atoms with Crippen molar-refractivity contribution in [2.75, 3.05) is 5.32 Å². The minimum absolute atomic E-state index is 0.0660. The molecule has 1 aromatic heterocycles. The van der Waals surface area contributed by atoms with Crippen LogP contribution in [-0.2, 0) is 11.3 Å². The molecule has 0 aliphatic heterocycles. The Labute approximate surface area is 149 Å². The molecule has 0 aliphatic carbocycles. The molecule has 2 aromatic carbocycles. The third-order valence-electron chi connectivity index (χ3n) is 3.40. The molecule has 23 heavy (non-hydrogen) atoms. The Hall–Kier alpha value is -1.92. The number of nitrogens with one attached hydrogen (secondary N) is 1. The zero-order valence-electron chi connectivity index (χ0n) is 11.9. The van der Waals surface area contributed by atoms with Crippen LogP contribution in [0.4, 0.5) is 5.69 Å². The second-order valence-corrected chi connectivity index (χ2v) is 6.77. The summed E-state index contributed by atoms with van der Waals surface area (Å²) in [4.78, 5) is 24.3. The van der Waals surface area contributed by atoms with E-state index in [1.807, 2.05) is 36.4 Å². The molecular weight excluding hydrogens is 424 g/mol. The maximum absolute atomic E-state index is 12.3. The second-order valence-electron chi connectivity index (χ2n) is 5.00. The molecule has 0 radical (unpaired) electrons. The van der Waals surface area contributed by atoms with Crippen LogP contribution in [-0.4, -0.2) is 10.5 Å². The lowest BCUT2D eigenvalue weighted by atomic mass is 10.2. The van der Waals surface area contributed by atoms with E-state index in [9.17, 15) is 9.59 Å². The number of carbonyl (C=O) groups is 1. The highest BCUT2D eigenvalue weighted by molar-refractivity contribution is 9.10. The third kappa shape index (κ3) is 3.54. The highest BCUT2D eigenvalue weighted by Crippen LogP contribution is 2.21. The number of para-hydroxylation sites is 1. The van der Waals surface area contributed by atoms with Gasteiger partial charge in [0.15, 0.2) is 5.43 Å². The molecule has 0 atom stereocenters. The van der Waals surface area contributed by atoms with E-state index >= 15 is 0 Å². The van der Waals surface area contributed by atoms with Gasteiger partial charge in [-0.3, -0.25) is 9.59 Å². The molecular formula is C17H12Br2N2O2. The number of rotatable bonds is 3. The first-order valence-electron chi connectivity index (χ1n) is 6.88. The molecule has 6 heteroatoms. The highest BCUT2D eigenvalue weighted by Gasteiger charge is 2.09. The number of pyridine rings is 1. The van der Waals surface area contributed by atoms with Crippen LogP contribution in [0.1, 0.15) is 0 Å². The van der Waals surface area contributed by atoms with E-state index < -0.39 is 0 Å². The largest absolute Gasteiger partial charge is 0.338 e. The monoisotopic (exact) mass is 434 g/mol. The summed E-state index contributed by atoms with van der Waals surface area (Å²) in [5.74, 6) is -0.162. The lowest BCUT2D eigenvalue weighted by Crippen LogP contribution is -2.20. The van der Waals surface area contributed by atoms with Crippen molar-refractivity contribution in [2.45, 2.75) is 6.54 Å². The lowest BCUT2D eigenvalue weighted by Gasteiger charge is -2.12. The van der Waals surface area contributed by atoms with Gasteiger partial charge in [-0.15, -0.1) is 0 Å². The average Bonchev–Trinajstić information content (AvgIpc) is 2.52. The average molecular weight is 436 g/mol. The third-order valence-corrected chi connectivity index (χ3v) is 4.59. The standard InChI is InChI=1S/C17H12Br2N2O2/c18-11-5-6-15-12(9-11)16(22)7-8-21(15)10-17(23)20-14-4-2-1-3-13(14)19/h1-9H,10H2,(H,20,23). The number of fused-ring (bicyclic) bond motifs is 1. The van der Waals surface area contributed by atoms with E-state index in [0.29, 0.717) is 11.1 Å². The van der Waals surface area contributed by atoms with E-state index in [4.69, 9.17) is 0 Å². The number of nitrogens with zero attached hydrogens (tertiary/aromatic N) is 1. The zero-order chi connectivity index (χ0) is 16.4. The van der Waals surface area contributed by atoms with E-state index in [-0.39, 0.29) is 17.9 Å². The van der Waals surface area contributed by atoms with Gasteiger partial charge in [0.25, 0.3) is 0 Å². The number of aromatic nitrogens is 1. The van der Waals surface area contributed by atoms with E-state index in [1.165, 1.54) is 6.07 Å². The molecule has 0 aliphatic rings. The number of halogens is 2. The van der Waals surface area contributed by atoms with Gasteiger partial charge in [-0.1, -0.05) is 28.1 Å². The molecule has 116 valence electrons. The van der Waals surface area contributed by atoms with E-state index in [2.05, 4.69) is 37.2 Å². The normalized spacial score (nSPS) is 10.7. The van der Waals surface area contributed by atoms with Crippen LogP contribution < -0.4 is 10.7 Å². The van der Waals surface area contributed by atoms with Crippen molar-refractivity contribution in [1.82, 2.24) is 4.57 Å². The quantitative estimate of drug-likeness (QED) is 0.671. The summed E-state index contributed by atoms with van der Waals surface area (Å²) in [7, 11) is 0. The molecule has 0 bridgehead atoms. The molecule has 0 fully saturated rings. The predicted molar refractivity (Wildman–Crippen MR) is 98.7 cm³/mol. The van der Waals surface area contributed by atoms with Crippen LogP contribution >= 0.6 is 31.9 Å². The maximum Gasteiger partial charge on any atom is 0.244 e. The van der Waals surface area contributed by atoms with E-state index in [1.54, 1.807) is 16.8 Å². The zero-order valence-corrected chi connectivity index (χ0v) is 15.1. The summed E-state index contributed by atoms with van der Waals surface area (Å²) in [5.41, 5.74) is 1.37. The first kappa shape index (κ1) is 16.0. The Morgan fingerprint density at radius 2 is 1.87 bits per heavy atom. The van der Waals surface area contributed by atoms with Gasteiger partial charge in [-0.25, -0.2) is 0 Å². The summed E-state index contributed by atoms with van der Waals surface area (Å²) < 4.78 is 3.41. The van der Waals surface area contributed by atoms with Crippen LogP contribution in [0.5, 0.6) is 0 Å². The lowest BCUT2D eigenvalue weighted by molar-refractivity contribution is -0.116. The number of hydrogen-bond acceptors (Lipinski definition) is 2. The van der Waals surface area contributed by atoms with Gasteiger partial charge in [-0.2, -0.15) is 0 Å². The fourth-order valence-corrected chi connectivity index (χ4v) is 3.07. The maximum atomic E-state index is 12.3. The molecule has 1 N–H and O–H groups in total. The Bertz CT molecular complexity index is 951. The minimum Gasteiger partial charge on any atom is -0.338 e. The van der Waals surface area contributed by atoms with Crippen molar-refractivity contribution >= 4 is 54.4 Å². The number of carbonyl (C=O) groups excluding carboxylic acids is 1. The molecule has 0 saturated heterocycles. The van der Waals surface area contributed by atoms with Crippen molar-refractivity contribution in [1.29, 1.82) is 0 Å². The van der Waals surface area contributed by atoms with Crippen LogP contribution in [0.25, 0.3) is 10.9 Å². The van der Waals surface area contributed by atoms with Crippen molar-refractivity contribution in [3.05, 3.63) is 73.9 Å². The van der Waals surface area contributed by atoms with Gasteiger partial charge in [0.05, 0.1) is 11.2 Å². The molecule has 3 aromatic rings. The first-order chi connectivity index (χ1) is 11.0. The van der Waals surface area contributed by atoms with Gasteiger partial charge < -0.3 is 9.88 Å². The fourth-order valence-electron chi connectivity index (χ4n) is 2.33. The smallest absolute Gasteiger partial charge is 0.244 e. The Morgan fingerprint density at radius 3 is 2.65 bits per heavy atom. The number of anilines is 1.